The fourth-order valence-corrected chi connectivity index (χ4v) is 3.49. The Kier molecular flexibility index (Phi) is 7.17. The minimum absolute atomic E-state index is 0.319. The van der Waals surface area contributed by atoms with Gasteiger partial charge in [-0.2, -0.15) is 5.10 Å². The highest BCUT2D eigenvalue weighted by molar-refractivity contribution is 5.95. The number of carboxylic acid groups (broad SMARTS) is 1. The molecule has 0 aliphatic carbocycles. The maximum absolute atomic E-state index is 11.5. The fourth-order valence-electron chi connectivity index (χ4n) is 3.49. The minimum Gasteiger partial charge on any atom is -0.478 e. The van der Waals surface area contributed by atoms with E-state index in [9.17, 15) is 9.90 Å². The lowest BCUT2D eigenvalue weighted by atomic mass is 9.98. The van der Waals surface area contributed by atoms with Gasteiger partial charge in [0.2, 0.25) is 0 Å². The van der Waals surface area contributed by atoms with Crippen molar-refractivity contribution < 1.29 is 9.90 Å². The Morgan fingerprint density at radius 2 is 1.76 bits per heavy atom. The molecule has 0 saturated heterocycles. The van der Waals surface area contributed by atoms with Crippen LogP contribution in [-0.4, -0.2) is 25.8 Å². The molecule has 29 heavy (non-hydrogen) atoms. The molecule has 5 heteroatoms. The van der Waals surface area contributed by atoms with E-state index in [-0.39, 0.29) is 0 Å². The summed E-state index contributed by atoms with van der Waals surface area (Å²) in [5.41, 5.74) is 3.10. The van der Waals surface area contributed by atoms with Gasteiger partial charge in [-0.05, 0) is 35.6 Å². The maximum Gasteiger partial charge on any atom is 0.336 e. The predicted molar refractivity (Wildman–Crippen MR) is 115 cm³/mol. The Morgan fingerprint density at radius 1 is 1.00 bits per heavy atom. The summed E-state index contributed by atoms with van der Waals surface area (Å²) in [6.07, 6.45) is 6.21. The number of aromatic nitrogens is 3. The second-order valence-corrected chi connectivity index (χ2v) is 7.35. The molecule has 0 aliphatic heterocycles. The molecule has 0 bridgehead atoms. The average molecular weight is 392 g/mol. The number of hydrogen-bond donors (Lipinski definition) is 1. The van der Waals surface area contributed by atoms with Crippen LogP contribution in [0.25, 0.3) is 11.1 Å². The van der Waals surface area contributed by atoms with E-state index >= 15 is 0 Å². The standard InChI is InChI=1S/C24H29N3O2/c1-3-5-6-11-22-25-23(27(26-22)16-4-2)17-18-12-14-19(15-13-18)20-9-7-8-10-21(20)24(28)29/h7-10,12-15H,3-6,11,16-17H2,1-2H3,(H,28,29). The van der Waals surface area contributed by atoms with Crippen molar-refractivity contribution in [2.75, 3.05) is 0 Å². The van der Waals surface area contributed by atoms with Crippen LogP contribution in [0.2, 0.25) is 0 Å². The Morgan fingerprint density at radius 3 is 2.45 bits per heavy atom. The highest BCUT2D eigenvalue weighted by atomic mass is 16.4. The van der Waals surface area contributed by atoms with Crippen molar-refractivity contribution in [3.05, 3.63) is 71.3 Å². The largest absolute Gasteiger partial charge is 0.478 e. The summed E-state index contributed by atoms with van der Waals surface area (Å²) in [6, 6.07) is 15.2. The van der Waals surface area contributed by atoms with Gasteiger partial charge in [0.15, 0.2) is 5.82 Å². The number of benzene rings is 2. The van der Waals surface area contributed by atoms with E-state index in [1.807, 2.05) is 28.9 Å². The number of aryl methyl sites for hydroxylation is 2. The summed E-state index contributed by atoms with van der Waals surface area (Å²) < 4.78 is 2.04. The van der Waals surface area contributed by atoms with Gasteiger partial charge in [-0.1, -0.05) is 69.2 Å². The summed E-state index contributed by atoms with van der Waals surface area (Å²) in [4.78, 5) is 16.3. The third-order valence-electron chi connectivity index (χ3n) is 5.02. The molecular weight excluding hydrogens is 362 g/mol. The first kappa shape index (κ1) is 20.8. The Labute approximate surface area is 172 Å². The second-order valence-electron chi connectivity index (χ2n) is 7.35. The molecule has 0 amide bonds. The second kappa shape index (κ2) is 10.0. The lowest BCUT2D eigenvalue weighted by Gasteiger charge is -2.08. The summed E-state index contributed by atoms with van der Waals surface area (Å²) >= 11 is 0. The van der Waals surface area contributed by atoms with Gasteiger partial charge in [0.1, 0.15) is 5.82 Å². The van der Waals surface area contributed by atoms with Crippen molar-refractivity contribution in [1.82, 2.24) is 14.8 Å². The molecule has 0 radical (unpaired) electrons. The third-order valence-corrected chi connectivity index (χ3v) is 5.02. The monoisotopic (exact) mass is 391 g/mol. The summed E-state index contributed by atoms with van der Waals surface area (Å²) in [6.45, 7) is 5.23. The van der Waals surface area contributed by atoms with Crippen LogP contribution in [0.5, 0.6) is 0 Å². The molecule has 5 nitrogen and oxygen atoms in total. The van der Waals surface area contributed by atoms with E-state index in [1.54, 1.807) is 12.1 Å². The molecule has 1 aromatic heterocycles. The molecule has 0 unspecified atom stereocenters. The van der Waals surface area contributed by atoms with E-state index in [2.05, 4.69) is 26.0 Å². The molecule has 3 aromatic rings. The predicted octanol–water partition coefficient (Wildman–Crippen LogP) is 5.38. The van der Waals surface area contributed by atoms with Crippen molar-refractivity contribution in [3.63, 3.8) is 0 Å². The number of nitrogens with zero attached hydrogens (tertiary/aromatic N) is 3. The van der Waals surface area contributed by atoms with Crippen LogP contribution in [0.4, 0.5) is 0 Å². The molecule has 1 N–H and O–H groups in total. The van der Waals surface area contributed by atoms with E-state index in [0.717, 1.165) is 60.6 Å². The maximum atomic E-state index is 11.5. The topological polar surface area (TPSA) is 68.0 Å². The van der Waals surface area contributed by atoms with Gasteiger partial charge < -0.3 is 5.11 Å². The Bertz CT molecular complexity index is 945. The number of unbranched alkanes of at least 4 members (excludes halogenated alkanes) is 2. The van der Waals surface area contributed by atoms with Gasteiger partial charge in [0.25, 0.3) is 0 Å². The molecule has 3 rings (SSSR count). The van der Waals surface area contributed by atoms with Gasteiger partial charge >= 0.3 is 5.97 Å². The summed E-state index contributed by atoms with van der Waals surface area (Å²) in [5, 5.41) is 14.1. The molecule has 1 heterocycles. The molecule has 2 aromatic carbocycles. The SMILES string of the molecule is CCCCCc1nc(Cc2ccc(-c3ccccc3C(=O)O)cc2)n(CCC)n1. The van der Waals surface area contributed by atoms with Gasteiger partial charge in [-0.25, -0.2) is 14.5 Å². The van der Waals surface area contributed by atoms with Crippen LogP contribution >= 0.6 is 0 Å². The molecule has 0 aliphatic rings. The lowest BCUT2D eigenvalue weighted by molar-refractivity contribution is 0.0697. The van der Waals surface area contributed by atoms with E-state index in [1.165, 1.54) is 12.8 Å². The van der Waals surface area contributed by atoms with Crippen molar-refractivity contribution in [2.24, 2.45) is 0 Å². The van der Waals surface area contributed by atoms with Gasteiger partial charge in [-0.3, -0.25) is 0 Å². The van der Waals surface area contributed by atoms with Crippen LogP contribution in [-0.2, 0) is 19.4 Å². The number of aromatic carboxylic acids is 1. The summed E-state index contributed by atoms with van der Waals surface area (Å²) in [5.74, 6) is 1.03. The zero-order valence-corrected chi connectivity index (χ0v) is 17.3. The molecule has 0 fully saturated rings. The number of carbonyl (C=O) groups is 1. The first-order valence-electron chi connectivity index (χ1n) is 10.5. The molecule has 152 valence electrons. The van der Waals surface area contributed by atoms with Crippen LogP contribution in [0.3, 0.4) is 0 Å². The molecule has 0 saturated carbocycles. The number of hydrogen-bond acceptors (Lipinski definition) is 3. The average Bonchev–Trinajstić information content (AvgIpc) is 3.10. The van der Waals surface area contributed by atoms with E-state index in [0.29, 0.717) is 5.56 Å². The Hall–Kier alpha value is -2.95. The number of rotatable bonds is 10. The smallest absolute Gasteiger partial charge is 0.336 e. The van der Waals surface area contributed by atoms with Gasteiger partial charge in [-0.15, -0.1) is 0 Å². The van der Waals surface area contributed by atoms with Crippen molar-refractivity contribution in [3.8, 4) is 11.1 Å². The van der Waals surface area contributed by atoms with Crippen LogP contribution < -0.4 is 0 Å². The first-order chi connectivity index (χ1) is 14.1. The highest BCUT2D eigenvalue weighted by Gasteiger charge is 2.12. The zero-order valence-electron chi connectivity index (χ0n) is 17.3. The van der Waals surface area contributed by atoms with E-state index in [4.69, 9.17) is 10.1 Å². The number of carboxylic acids is 1. The minimum atomic E-state index is -0.909. The van der Waals surface area contributed by atoms with E-state index < -0.39 is 5.97 Å². The highest BCUT2D eigenvalue weighted by Crippen LogP contribution is 2.24. The van der Waals surface area contributed by atoms with Crippen molar-refractivity contribution >= 4 is 5.97 Å². The zero-order chi connectivity index (χ0) is 20.6. The van der Waals surface area contributed by atoms with Crippen LogP contribution in [0.15, 0.2) is 48.5 Å². The van der Waals surface area contributed by atoms with Gasteiger partial charge in [0, 0.05) is 19.4 Å². The fraction of sp³-hybridized carbons (Fsp3) is 0.375. The van der Waals surface area contributed by atoms with Crippen molar-refractivity contribution in [2.45, 2.75) is 58.9 Å². The van der Waals surface area contributed by atoms with Gasteiger partial charge in [0.05, 0.1) is 5.56 Å². The molecule has 0 atom stereocenters. The lowest BCUT2D eigenvalue weighted by Crippen LogP contribution is -2.06. The quantitative estimate of drug-likeness (QED) is 0.471. The van der Waals surface area contributed by atoms with Crippen LogP contribution in [0, 0.1) is 0 Å². The van der Waals surface area contributed by atoms with Crippen LogP contribution in [0.1, 0.15) is 67.1 Å². The normalized spacial score (nSPS) is 11.0. The molecule has 0 spiro atoms. The third kappa shape index (κ3) is 5.31. The first-order valence-corrected chi connectivity index (χ1v) is 10.5. The summed E-state index contributed by atoms with van der Waals surface area (Å²) in [7, 11) is 0. The van der Waals surface area contributed by atoms with Crippen molar-refractivity contribution in [1.29, 1.82) is 0 Å². The Balaban J connectivity index is 1.78. The molecular formula is C24H29N3O2.